The lowest BCUT2D eigenvalue weighted by Gasteiger charge is -2.35. The largest absolute Gasteiger partial charge is 0.322 e. The van der Waals surface area contributed by atoms with E-state index in [0.29, 0.717) is 36.2 Å². The number of amides is 3. The van der Waals surface area contributed by atoms with E-state index in [4.69, 9.17) is 5.10 Å². The zero-order valence-corrected chi connectivity index (χ0v) is 19.9. The third kappa shape index (κ3) is 4.31. The summed E-state index contributed by atoms with van der Waals surface area (Å²) in [5.41, 5.74) is 3.42. The fourth-order valence-corrected chi connectivity index (χ4v) is 4.70. The number of piperidine rings is 1. The van der Waals surface area contributed by atoms with Crippen molar-refractivity contribution >= 4 is 23.4 Å². The number of hydrogen-bond donors (Lipinski definition) is 2. The Labute approximate surface area is 209 Å². The number of para-hydroxylation sites is 1. The van der Waals surface area contributed by atoms with Crippen molar-refractivity contribution in [3.63, 3.8) is 0 Å². The Kier molecular flexibility index (Phi) is 6.21. The third-order valence-electron chi connectivity index (χ3n) is 6.79. The molecule has 3 aromatic carbocycles. The van der Waals surface area contributed by atoms with Gasteiger partial charge in [-0.25, -0.2) is 4.68 Å². The molecule has 1 aliphatic heterocycles. The fourth-order valence-electron chi connectivity index (χ4n) is 4.70. The molecule has 1 unspecified atom stereocenters. The zero-order chi connectivity index (χ0) is 25.1. The van der Waals surface area contributed by atoms with Gasteiger partial charge in [-0.15, -0.1) is 0 Å². The van der Waals surface area contributed by atoms with Gasteiger partial charge in [0.25, 0.3) is 5.91 Å². The first-order valence-electron chi connectivity index (χ1n) is 12.0. The van der Waals surface area contributed by atoms with Crippen LogP contribution in [0.1, 0.15) is 42.1 Å². The number of anilines is 1. The van der Waals surface area contributed by atoms with Crippen LogP contribution in [0.5, 0.6) is 0 Å². The molecule has 5 rings (SSSR count). The summed E-state index contributed by atoms with van der Waals surface area (Å²) in [6.07, 6.45) is 3.10. The van der Waals surface area contributed by atoms with E-state index in [1.54, 1.807) is 23.0 Å². The van der Waals surface area contributed by atoms with Crippen LogP contribution < -0.4 is 10.6 Å². The number of hydrogen-bond acceptors (Lipinski definition) is 4. The molecule has 180 valence electrons. The highest BCUT2D eigenvalue weighted by Crippen LogP contribution is 2.36. The molecule has 0 spiro atoms. The Morgan fingerprint density at radius 1 is 0.972 bits per heavy atom. The Balaban J connectivity index is 1.43. The van der Waals surface area contributed by atoms with Gasteiger partial charge in [-0.3, -0.25) is 19.7 Å². The summed E-state index contributed by atoms with van der Waals surface area (Å²) in [6, 6.07) is 26.5. The van der Waals surface area contributed by atoms with Crippen molar-refractivity contribution in [2.45, 2.75) is 31.6 Å². The molecule has 1 atom stereocenters. The van der Waals surface area contributed by atoms with Gasteiger partial charge in [0.05, 0.1) is 16.7 Å². The molecule has 2 N–H and O–H groups in total. The normalized spacial score (nSPS) is 17.5. The van der Waals surface area contributed by atoms with Gasteiger partial charge in [0.15, 0.2) is 0 Å². The van der Waals surface area contributed by atoms with Crippen LogP contribution in [0.4, 0.5) is 5.69 Å². The quantitative estimate of drug-likeness (QED) is 0.387. The van der Waals surface area contributed by atoms with Gasteiger partial charge in [0.1, 0.15) is 5.69 Å². The van der Waals surface area contributed by atoms with Crippen molar-refractivity contribution in [1.82, 2.24) is 15.1 Å². The smallest absolute Gasteiger partial charge is 0.259 e. The molecule has 7 heteroatoms. The first-order chi connectivity index (χ1) is 17.5. The summed E-state index contributed by atoms with van der Waals surface area (Å²) in [5.74, 6) is -0.785. The highest BCUT2D eigenvalue weighted by Gasteiger charge is 2.42. The van der Waals surface area contributed by atoms with E-state index < -0.39 is 5.41 Å². The van der Waals surface area contributed by atoms with Crippen molar-refractivity contribution < 1.29 is 14.4 Å². The average molecular weight is 479 g/mol. The number of aromatic nitrogens is 2. The molecule has 1 saturated heterocycles. The minimum Gasteiger partial charge on any atom is -0.322 e. The summed E-state index contributed by atoms with van der Waals surface area (Å²) < 4.78 is 1.70. The van der Waals surface area contributed by atoms with Gasteiger partial charge in [-0.05, 0) is 42.7 Å². The fraction of sp³-hybridized carbons (Fsp3) is 0.172. The van der Waals surface area contributed by atoms with Crippen LogP contribution in [0.2, 0.25) is 0 Å². The molecule has 1 fully saturated rings. The van der Waals surface area contributed by atoms with E-state index in [-0.39, 0.29) is 17.7 Å². The highest BCUT2D eigenvalue weighted by atomic mass is 16.2. The van der Waals surface area contributed by atoms with E-state index >= 15 is 0 Å². The highest BCUT2D eigenvalue weighted by molar-refractivity contribution is 6.08. The van der Waals surface area contributed by atoms with E-state index in [2.05, 4.69) is 10.6 Å². The number of nitrogens with one attached hydrogen (secondary N) is 2. The molecule has 7 nitrogen and oxygen atoms in total. The molecular formula is C29H26N4O3. The molecular weight excluding hydrogens is 452 g/mol. The van der Waals surface area contributed by atoms with Crippen LogP contribution in [0.25, 0.3) is 16.9 Å². The number of rotatable bonds is 6. The van der Waals surface area contributed by atoms with Crippen LogP contribution in [-0.2, 0) is 15.0 Å². The second kappa shape index (κ2) is 9.62. The molecule has 1 aliphatic rings. The zero-order valence-electron chi connectivity index (χ0n) is 19.9. The van der Waals surface area contributed by atoms with Crippen molar-refractivity contribution in [2.75, 3.05) is 5.32 Å². The lowest BCUT2D eigenvalue weighted by Crippen LogP contribution is -2.51. The SMILES string of the molecule is CCC1(c2ccc(NC(=O)c3cn(-c4ccccc4)nc3-c3ccccc3)cc2)CCC(=O)NC1=O. The summed E-state index contributed by atoms with van der Waals surface area (Å²) in [4.78, 5) is 37.7. The van der Waals surface area contributed by atoms with Gasteiger partial charge in [-0.2, -0.15) is 5.10 Å². The van der Waals surface area contributed by atoms with Crippen molar-refractivity contribution in [3.8, 4) is 16.9 Å². The monoisotopic (exact) mass is 478 g/mol. The van der Waals surface area contributed by atoms with Crippen LogP contribution in [-0.4, -0.2) is 27.5 Å². The van der Waals surface area contributed by atoms with Crippen LogP contribution in [0.3, 0.4) is 0 Å². The van der Waals surface area contributed by atoms with Gasteiger partial charge in [0.2, 0.25) is 11.8 Å². The number of imide groups is 1. The Morgan fingerprint density at radius 3 is 2.28 bits per heavy atom. The Bertz CT molecular complexity index is 1410. The Morgan fingerprint density at radius 2 is 1.64 bits per heavy atom. The second-order valence-electron chi connectivity index (χ2n) is 8.88. The summed E-state index contributed by atoms with van der Waals surface area (Å²) in [5, 5.41) is 10.1. The number of nitrogens with zero attached hydrogens (tertiary/aromatic N) is 2. The van der Waals surface area contributed by atoms with E-state index in [1.165, 1.54) is 0 Å². The van der Waals surface area contributed by atoms with Crippen molar-refractivity contribution in [2.24, 2.45) is 0 Å². The first-order valence-corrected chi connectivity index (χ1v) is 12.0. The summed E-state index contributed by atoms with van der Waals surface area (Å²) >= 11 is 0. The van der Waals surface area contributed by atoms with Crippen LogP contribution in [0, 0.1) is 0 Å². The maximum absolute atomic E-state index is 13.4. The minimum atomic E-state index is -0.742. The van der Waals surface area contributed by atoms with Gasteiger partial charge < -0.3 is 5.32 Å². The molecule has 3 amide bonds. The predicted octanol–water partition coefficient (Wildman–Crippen LogP) is 4.88. The van der Waals surface area contributed by atoms with E-state index in [1.807, 2.05) is 79.7 Å². The molecule has 1 aromatic heterocycles. The lowest BCUT2D eigenvalue weighted by molar-refractivity contribution is -0.138. The third-order valence-corrected chi connectivity index (χ3v) is 6.79. The summed E-state index contributed by atoms with van der Waals surface area (Å²) in [7, 11) is 0. The van der Waals surface area contributed by atoms with Crippen molar-refractivity contribution in [1.29, 1.82) is 0 Å². The average Bonchev–Trinajstić information content (AvgIpc) is 3.37. The first kappa shape index (κ1) is 23.2. The molecule has 0 bridgehead atoms. The maximum atomic E-state index is 13.4. The molecule has 4 aromatic rings. The Hall–Kier alpha value is -4.52. The topological polar surface area (TPSA) is 93.1 Å². The second-order valence-corrected chi connectivity index (χ2v) is 8.88. The maximum Gasteiger partial charge on any atom is 0.259 e. The molecule has 0 saturated carbocycles. The van der Waals surface area contributed by atoms with Gasteiger partial charge in [-0.1, -0.05) is 67.6 Å². The lowest BCUT2D eigenvalue weighted by atomic mass is 9.72. The molecule has 36 heavy (non-hydrogen) atoms. The van der Waals surface area contributed by atoms with Gasteiger partial charge >= 0.3 is 0 Å². The number of carbonyl (C=O) groups is 3. The van der Waals surface area contributed by atoms with E-state index in [9.17, 15) is 14.4 Å². The number of carbonyl (C=O) groups excluding carboxylic acids is 3. The predicted molar refractivity (Wildman–Crippen MR) is 138 cm³/mol. The minimum absolute atomic E-state index is 0.238. The van der Waals surface area contributed by atoms with Crippen molar-refractivity contribution in [3.05, 3.63) is 102 Å². The van der Waals surface area contributed by atoms with Crippen LogP contribution >= 0.6 is 0 Å². The molecule has 2 heterocycles. The molecule has 0 aliphatic carbocycles. The standard InChI is InChI=1S/C29H26N4O3/c1-2-29(18-17-25(34)31-28(29)36)21-13-15-22(16-14-21)30-27(35)24-19-33(23-11-7-4-8-12-23)32-26(24)20-9-5-3-6-10-20/h3-16,19H,2,17-18H2,1H3,(H,30,35)(H,31,34,36). The summed E-state index contributed by atoms with van der Waals surface area (Å²) in [6.45, 7) is 1.95. The number of benzene rings is 3. The molecule has 0 radical (unpaired) electrons. The van der Waals surface area contributed by atoms with Gasteiger partial charge in [0, 0.05) is 23.9 Å². The van der Waals surface area contributed by atoms with E-state index in [0.717, 1.165) is 16.8 Å². The van der Waals surface area contributed by atoms with Crippen LogP contribution in [0.15, 0.2) is 91.1 Å².